The summed E-state index contributed by atoms with van der Waals surface area (Å²) in [6.07, 6.45) is -0.834. The molecule has 20 heavy (non-hydrogen) atoms. The molecule has 1 fully saturated rings. The number of hydrogen-bond donors (Lipinski definition) is 2. The molecule has 6 nitrogen and oxygen atoms in total. The van der Waals surface area contributed by atoms with Crippen LogP contribution in [0.2, 0.25) is 0 Å². The van der Waals surface area contributed by atoms with Gasteiger partial charge in [0.25, 0.3) is 5.92 Å². The fraction of sp³-hybridized carbons (Fsp3) is 0.667. The maximum absolute atomic E-state index is 13.9. The number of alkyl halides is 2. The summed E-state index contributed by atoms with van der Waals surface area (Å²) in [6.45, 7) is 0.950. The van der Waals surface area contributed by atoms with Gasteiger partial charge in [-0.05, 0) is 12.5 Å². The molecule has 1 saturated heterocycles. The molecule has 1 aliphatic heterocycles. The quantitative estimate of drug-likeness (QED) is 0.829. The van der Waals surface area contributed by atoms with Gasteiger partial charge in [0.1, 0.15) is 11.9 Å². The topological polar surface area (TPSA) is 90.4 Å². The summed E-state index contributed by atoms with van der Waals surface area (Å²) in [4.78, 5) is 15.0. The summed E-state index contributed by atoms with van der Waals surface area (Å²) < 4.78 is 34.3. The molecule has 1 unspecified atom stereocenters. The molecule has 2 heterocycles. The summed E-state index contributed by atoms with van der Waals surface area (Å²) in [6, 6.07) is 1.42. The molecule has 0 saturated carbocycles. The number of nitrogens with zero attached hydrogens (tertiary/aromatic N) is 2. The zero-order valence-electron chi connectivity index (χ0n) is 11.0. The number of hydrogen-bond acceptors (Lipinski definition) is 5. The summed E-state index contributed by atoms with van der Waals surface area (Å²) >= 11 is 0. The molecule has 0 bridgehead atoms. The lowest BCUT2D eigenvalue weighted by Crippen LogP contribution is -2.35. The van der Waals surface area contributed by atoms with Gasteiger partial charge in [0.15, 0.2) is 0 Å². The molecule has 8 heteroatoms. The molecule has 112 valence electrons. The summed E-state index contributed by atoms with van der Waals surface area (Å²) in [7, 11) is 0. The van der Waals surface area contributed by atoms with E-state index in [4.69, 9.17) is 15.6 Å². The van der Waals surface area contributed by atoms with E-state index in [-0.39, 0.29) is 18.8 Å². The highest BCUT2D eigenvalue weighted by molar-refractivity contribution is 5.23. The van der Waals surface area contributed by atoms with Crippen molar-refractivity contribution in [3.05, 3.63) is 22.7 Å². The van der Waals surface area contributed by atoms with E-state index in [0.717, 1.165) is 0 Å². The number of aliphatic hydroxyl groups is 1. The van der Waals surface area contributed by atoms with E-state index in [1.165, 1.54) is 23.8 Å². The van der Waals surface area contributed by atoms with Gasteiger partial charge >= 0.3 is 5.69 Å². The van der Waals surface area contributed by atoms with Crippen molar-refractivity contribution >= 4 is 5.82 Å². The number of nitrogen functional groups attached to an aromatic ring is 1. The molecule has 1 aromatic heterocycles. The first-order valence-electron chi connectivity index (χ1n) is 6.33. The van der Waals surface area contributed by atoms with Crippen molar-refractivity contribution in [2.75, 3.05) is 12.3 Å². The lowest BCUT2D eigenvalue weighted by Gasteiger charge is -2.20. The van der Waals surface area contributed by atoms with Crippen LogP contribution >= 0.6 is 0 Å². The van der Waals surface area contributed by atoms with Crippen molar-refractivity contribution in [3.63, 3.8) is 0 Å². The second kappa shape index (κ2) is 5.45. The minimum atomic E-state index is -3.03. The van der Waals surface area contributed by atoms with Gasteiger partial charge in [-0.15, -0.1) is 0 Å². The Balaban J connectivity index is 2.05. The standard InChI is InChI=1S/C12H17F2N3O3/c1-7-8(6-18)20-9(12(7,13)14)2-4-17-5-3-10(15)16-11(17)19/h3,5,7-9,18H,2,4,6H2,1H3,(H2,15,16,19)/t7-,8-,9?/m1/s1. The van der Waals surface area contributed by atoms with Gasteiger partial charge in [0, 0.05) is 12.7 Å². The molecule has 1 aliphatic rings. The molecule has 0 amide bonds. The molecule has 0 aromatic carbocycles. The van der Waals surface area contributed by atoms with Gasteiger partial charge in [-0.1, -0.05) is 6.92 Å². The van der Waals surface area contributed by atoms with Gasteiger partial charge in [-0.2, -0.15) is 4.98 Å². The average Bonchev–Trinajstić information content (AvgIpc) is 2.60. The number of halogens is 2. The van der Waals surface area contributed by atoms with Gasteiger partial charge in [-0.3, -0.25) is 4.57 Å². The fourth-order valence-corrected chi connectivity index (χ4v) is 2.29. The maximum Gasteiger partial charge on any atom is 0.349 e. The molecular weight excluding hydrogens is 272 g/mol. The maximum atomic E-state index is 13.9. The Hall–Kier alpha value is -1.54. The molecule has 0 radical (unpaired) electrons. The largest absolute Gasteiger partial charge is 0.394 e. The molecular formula is C12H17F2N3O3. The number of ether oxygens (including phenoxy) is 1. The van der Waals surface area contributed by atoms with Gasteiger partial charge < -0.3 is 15.6 Å². The van der Waals surface area contributed by atoms with Crippen LogP contribution in [0.5, 0.6) is 0 Å². The normalized spacial score (nSPS) is 28.7. The first-order valence-corrected chi connectivity index (χ1v) is 6.33. The van der Waals surface area contributed by atoms with Crippen molar-refractivity contribution in [1.29, 1.82) is 0 Å². The van der Waals surface area contributed by atoms with Gasteiger partial charge in [0.2, 0.25) is 0 Å². The SMILES string of the molecule is C[C@@H]1[C@@H](CO)OC(CCn2ccc(N)nc2=O)C1(F)F. The molecule has 3 atom stereocenters. The highest BCUT2D eigenvalue weighted by Crippen LogP contribution is 2.42. The lowest BCUT2D eigenvalue weighted by atomic mass is 9.96. The van der Waals surface area contributed by atoms with Crippen LogP contribution in [0.1, 0.15) is 13.3 Å². The number of aliphatic hydroxyl groups excluding tert-OH is 1. The number of anilines is 1. The van der Waals surface area contributed by atoms with Crippen LogP contribution in [0, 0.1) is 5.92 Å². The third-order valence-corrected chi connectivity index (χ3v) is 3.64. The van der Waals surface area contributed by atoms with E-state index in [1.54, 1.807) is 0 Å². The summed E-state index contributed by atoms with van der Waals surface area (Å²) in [5, 5.41) is 9.01. The van der Waals surface area contributed by atoms with Crippen molar-refractivity contribution in [2.45, 2.75) is 38.0 Å². The molecule has 0 spiro atoms. The Bertz CT molecular complexity index is 535. The Kier molecular flexibility index (Phi) is 4.05. The predicted molar refractivity (Wildman–Crippen MR) is 67.4 cm³/mol. The smallest absolute Gasteiger partial charge is 0.349 e. The minimum absolute atomic E-state index is 0.0423. The van der Waals surface area contributed by atoms with E-state index in [2.05, 4.69) is 4.98 Å². The lowest BCUT2D eigenvalue weighted by molar-refractivity contribution is -0.0910. The van der Waals surface area contributed by atoms with Gasteiger partial charge in [0.05, 0.1) is 18.6 Å². The number of aromatic nitrogens is 2. The summed E-state index contributed by atoms with van der Waals surface area (Å²) in [5.41, 5.74) is 4.76. The van der Waals surface area contributed by atoms with Crippen LogP contribution in [0.25, 0.3) is 0 Å². The summed E-state index contributed by atoms with van der Waals surface area (Å²) in [5.74, 6) is -4.00. The van der Waals surface area contributed by atoms with E-state index >= 15 is 0 Å². The van der Waals surface area contributed by atoms with Gasteiger partial charge in [-0.25, -0.2) is 13.6 Å². The first-order chi connectivity index (χ1) is 9.36. The second-order valence-corrected chi connectivity index (χ2v) is 4.93. The molecule has 3 N–H and O–H groups in total. The van der Waals surface area contributed by atoms with Crippen molar-refractivity contribution in [1.82, 2.24) is 9.55 Å². The van der Waals surface area contributed by atoms with Crippen LogP contribution in [-0.2, 0) is 11.3 Å². The zero-order chi connectivity index (χ0) is 14.9. The second-order valence-electron chi connectivity index (χ2n) is 4.93. The van der Waals surface area contributed by atoms with Crippen LogP contribution < -0.4 is 11.4 Å². The average molecular weight is 289 g/mol. The Morgan fingerprint density at radius 3 is 2.85 bits per heavy atom. The molecule has 0 aliphatic carbocycles. The fourth-order valence-electron chi connectivity index (χ4n) is 2.29. The Labute approximate surface area is 114 Å². The molecule has 1 aromatic rings. The van der Waals surface area contributed by atoms with E-state index in [9.17, 15) is 13.6 Å². The van der Waals surface area contributed by atoms with E-state index in [0.29, 0.717) is 0 Å². The van der Waals surface area contributed by atoms with E-state index < -0.39 is 36.3 Å². The van der Waals surface area contributed by atoms with Crippen molar-refractivity contribution < 1.29 is 18.6 Å². The molecule has 2 rings (SSSR count). The predicted octanol–water partition coefficient (Wildman–Crippen LogP) is 0.247. The highest BCUT2D eigenvalue weighted by Gasteiger charge is 2.55. The third-order valence-electron chi connectivity index (χ3n) is 3.64. The van der Waals surface area contributed by atoms with Crippen LogP contribution in [0.4, 0.5) is 14.6 Å². The Morgan fingerprint density at radius 2 is 2.30 bits per heavy atom. The number of nitrogens with two attached hydrogens (primary N) is 1. The van der Waals surface area contributed by atoms with Crippen molar-refractivity contribution in [3.8, 4) is 0 Å². The highest BCUT2D eigenvalue weighted by atomic mass is 19.3. The monoisotopic (exact) mass is 289 g/mol. The van der Waals surface area contributed by atoms with Crippen LogP contribution in [0.3, 0.4) is 0 Å². The Morgan fingerprint density at radius 1 is 1.60 bits per heavy atom. The third kappa shape index (κ3) is 2.66. The zero-order valence-corrected chi connectivity index (χ0v) is 11.0. The van der Waals surface area contributed by atoms with Crippen molar-refractivity contribution in [2.24, 2.45) is 5.92 Å². The van der Waals surface area contributed by atoms with Crippen LogP contribution in [0.15, 0.2) is 17.1 Å². The number of aryl methyl sites for hydroxylation is 1. The van der Waals surface area contributed by atoms with Crippen LogP contribution in [-0.4, -0.2) is 39.4 Å². The minimum Gasteiger partial charge on any atom is -0.394 e. The van der Waals surface area contributed by atoms with E-state index in [1.807, 2.05) is 0 Å². The number of rotatable bonds is 4. The first kappa shape index (κ1) is 14.9.